The molecular formula is C18H25N3O2. The molecule has 0 radical (unpaired) electrons. The van der Waals surface area contributed by atoms with Crippen molar-refractivity contribution in [3.05, 3.63) is 29.8 Å². The van der Waals surface area contributed by atoms with Gasteiger partial charge in [0.15, 0.2) is 0 Å². The second-order valence-corrected chi connectivity index (χ2v) is 6.74. The highest BCUT2D eigenvalue weighted by molar-refractivity contribution is 5.95. The minimum Gasteiger partial charge on any atom is -0.349 e. The number of anilines is 1. The smallest absolute Gasteiger partial charge is 0.227 e. The van der Waals surface area contributed by atoms with Gasteiger partial charge in [0, 0.05) is 30.6 Å². The molecule has 3 unspecified atom stereocenters. The first-order valence-corrected chi connectivity index (χ1v) is 8.51. The van der Waals surface area contributed by atoms with Crippen molar-refractivity contribution in [1.29, 1.82) is 0 Å². The van der Waals surface area contributed by atoms with Gasteiger partial charge in [0.1, 0.15) is 0 Å². The van der Waals surface area contributed by atoms with Gasteiger partial charge in [-0.15, -0.1) is 0 Å². The van der Waals surface area contributed by atoms with Crippen molar-refractivity contribution < 1.29 is 9.59 Å². The molecule has 0 spiro atoms. The second kappa shape index (κ2) is 6.71. The van der Waals surface area contributed by atoms with Crippen molar-refractivity contribution in [2.24, 2.45) is 11.7 Å². The molecule has 1 saturated heterocycles. The first-order chi connectivity index (χ1) is 11.0. The van der Waals surface area contributed by atoms with Crippen molar-refractivity contribution in [1.82, 2.24) is 5.32 Å². The van der Waals surface area contributed by atoms with Gasteiger partial charge < -0.3 is 16.0 Å². The van der Waals surface area contributed by atoms with Gasteiger partial charge in [-0.1, -0.05) is 12.1 Å². The van der Waals surface area contributed by atoms with E-state index >= 15 is 0 Å². The molecule has 2 fully saturated rings. The zero-order chi connectivity index (χ0) is 16.4. The third-order valence-corrected chi connectivity index (χ3v) is 4.98. The van der Waals surface area contributed by atoms with Crippen LogP contribution >= 0.6 is 0 Å². The average Bonchev–Trinajstić information content (AvgIpc) is 3.16. The van der Waals surface area contributed by atoms with Crippen LogP contribution in [0.5, 0.6) is 0 Å². The Labute approximate surface area is 137 Å². The van der Waals surface area contributed by atoms with E-state index in [4.69, 9.17) is 5.73 Å². The summed E-state index contributed by atoms with van der Waals surface area (Å²) in [7, 11) is 0. The summed E-state index contributed by atoms with van der Waals surface area (Å²) in [5.74, 6) is 0.342. The third kappa shape index (κ3) is 3.55. The molecule has 0 aromatic heterocycles. The van der Waals surface area contributed by atoms with Crippen LogP contribution in [0.2, 0.25) is 0 Å². The first-order valence-electron chi connectivity index (χ1n) is 8.51. The van der Waals surface area contributed by atoms with Crippen LogP contribution in [-0.2, 0) is 9.59 Å². The Bertz CT molecular complexity index is 584. The van der Waals surface area contributed by atoms with Crippen LogP contribution < -0.4 is 16.0 Å². The van der Waals surface area contributed by atoms with Crippen LogP contribution in [0.4, 0.5) is 5.69 Å². The van der Waals surface area contributed by atoms with E-state index in [1.807, 2.05) is 36.1 Å². The highest BCUT2D eigenvalue weighted by atomic mass is 16.2. The topological polar surface area (TPSA) is 75.4 Å². The average molecular weight is 315 g/mol. The van der Waals surface area contributed by atoms with Crippen LogP contribution in [0.15, 0.2) is 24.3 Å². The predicted molar refractivity (Wildman–Crippen MR) is 89.9 cm³/mol. The Kier molecular flexibility index (Phi) is 4.66. The molecule has 1 saturated carbocycles. The maximum absolute atomic E-state index is 12.3. The van der Waals surface area contributed by atoms with E-state index in [1.165, 1.54) is 0 Å². The molecule has 124 valence electrons. The molecule has 1 aliphatic heterocycles. The summed E-state index contributed by atoms with van der Waals surface area (Å²) in [4.78, 5) is 25.9. The molecule has 2 amide bonds. The van der Waals surface area contributed by atoms with Crippen molar-refractivity contribution in [3.8, 4) is 0 Å². The monoisotopic (exact) mass is 315 g/mol. The van der Waals surface area contributed by atoms with Gasteiger partial charge in [-0.25, -0.2) is 0 Å². The van der Waals surface area contributed by atoms with E-state index < -0.39 is 0 Å². The molecule has 3 N–H and O–H groups in total. The third-order valence-electron chi connectivity index (χ3n) is 4.98. The molecule has 3 atom stereocenters. The van der Waals surface area contributed by atoms with Gasteiger partial charge in [-0.2, -0.15) is 0 Å². The van der Waals surface area contributed by atoms with Crippen molar-refractivity contribution in [3.63, 3.8) is 0 Å². The molecule has 1 aromatic carbocycles. The number of benzene rings is 1. The fourth-order valence-electron chi connectivity index (χ4n) is 3.53. The van der Waals surface area contributed by atoms with Gasteiger partial charge in [-0.05, 0) is 50.3 Å². The summed E-state index contributed by atoms with van der Waals surface area (Å²) in [5.41, 5.74) is 7.87. The molecular weight excluding hydrogens is 290 g/mol. The number of carbonyl (C=O) groups is 2. The van der Waals surface area contributed by atoms with Crippen molar-refractivity contribution >= 4 is 17.5 Å². The van der Waals surface area contributed by atoms with E-state index in [1.54, 1.807) is 0 Å². The summed E-state index contributed by atoms with van der Waals surface area (Å²) in [6.45, 7) is 2.79. The highest BCUT2D eigenvalue weighted by Crippen LogP contribution is 2.26. The summed E-state index contributed by atoms with van der Waals surface area (Å²) in [5, 5.41) is 3.08. The van der Waals surface area contributed by atoms with E-state index in [0.717, 1.165) is 43.5 Å². The minimum atomic E-state index is -0.0392. The fourth-order valence-corrected chi connectivity index (χ4v) is 3.53. The van der Waals surface area contributed by atoms with Crippen molar-refractivity contribution in [2.75, 3.05) is 11.4 Å². The van der Waals surface area contributed by atoms with E-state index in [-0.39, 0.29) is 29.8 Å². The van der Waals surface area contributed by atoms with Gasteiger partial charge in [-0.3, -0.25) is 9.59 Å². The Morgan fingerprint density at radius 1 is 1.30 bits per heavy atom. The fraction of sp³-hybridized carbons (Fsp3) is 0.556. The Morgan fingerprint density at radius 2 is 2.04 bits per heavy atom. The van der Waals surface area contributed by atoms with Crippen LogP contribution in [0.1, 0.15) is 50.6 Å². The number of hydrogen-bond acceptors (Lipinski definition) is 3. The molecule has 23 heavy (non-hydrogen) atoms. The molecule has 5 nitrogen and oxygen atoms in total. The summed E-state index contributed by atoms with van der Waals surface area (Å²) < 4.78 is 0. The van der Waals surface area contributed by atoms with Crippen molar-refractivity contribution in [2.45, 2.75) is 51.1 Å². The zero-order valence-electron chi connectivity index (χ0n) is 13.6. The zero-order valence-corrected chi connectivity index (χ0v) is 13.6. The quantitative estimate of drug-likeness (QED) is 0.893. The Morgan fingerprint density at radius 3 is 2.61 bits per heavy atom. The van der Waals surface area contributed by atoms with E-state index in [2.05, 4.69) is 5.32 Å². The molecule has 0 bridgehead atoms. The predicted octanol–water partition coefficient (Wildman–Crippen LogP) is 2.12. The van der Waals surface area contributed by atoms with Gasteiger partial charge >= 0.3 is 0 Å². The van der Waals surface area contributed by atoms with E-state index in [9.17, 15) is 9.59 Å². The van der Waals surface area contributed by atoms with Crippen LogP contribution in [-0.4, -0.2) is 24.4 Å². The van der Waals surface area contributed by atoms with Crippen LogP contribution in [0.25, 0.3) is 0 Å². The second-order valence-electron chi connectivity index (χ2n) is 6.74. The number of carbonyl (C=O) groups excluding carboxylic acids is 2. The number of hydrogen-bond donors (Lipinski definition) is 2. The lowest BCUT2D eigenvalue weighted by atomic mass is 10.0. The molecule has 2 aliphatic rings. The standard InChI is InChI=1S/C18H25N3O2/c1-12(20-18(23)14-4-7-15(19)11-14)13-5-8-16(9-6-13)21-10-2-3-17(21)22/h5-6,8-9,12,14-15H,2-4,7,10-11,19H2,1H3,(H,20,23). The first kappa shape index (κ1) is 16.0. The normalized spacial score (nSPS) is 25.7. The molecule has 1 heterocycles. The van der Waals surface area contributed by atoms with Crippen LogP contribution in [0, 0.1) is 5.92 Å². The lowest BCUT2D eigenvalue weighted by molar-refractivity contribution is -0.125. The molecule has 1 aromatic rings. The summed E-state index contributed by atoms with van der Waals surface area (Å²) in [6, 6.07) is 8.04. The lowest BCUT2D eigenvalue weighted by Crippen LogP contribution is -2.32. The van der Waals surface area contributed by atoms with Gasteiger partial charge in [0.25, 0.3) is 0 Å². The SMILES string of the molecule is CC(NC(=O)C1CCC(N)C1)c1ccc(N2CCCC2=O)cc1. The minimum absolute atomic E-state index is 0.0392. The van der Waals surface area contributed by atoms with Crippen LogP contribution in [0.3, 0.4) is 0 Å². The van der Waals surface area contributed by atoms with Gasteiger partial charge in [0.2, 0.25) is 11.8 Å². The molecule has 5 heteroatoms. The molecule has 1 aliphatic carbocycles. The van der Waals surface area contributed by atoms with Gasteiger partial charge in [0.05, 0.1) is 6.04 Å². The lowest BCUT2D eigenvalue weighted by Gasteiger charge is -2.20. The Balaban J connectivity index is 1.60. The molecule has 3 rings (SSSR count). The highest BCUT2D eigenvalue weighted by Gasteiger charge is 2.28. The maximum Gasteiger partial charge on any atom is 0.227 e. The van der Waals surface area contributed by atoms with E-state index in [0.29, 0.717) is 6.42 Å². The number of nitrogens with one attached hydrogen (secondary N) is 1. The maximum atomic E-state index is 12.3. The summed E-state index contributed by atoms with van der Waals surface area (Å²) >= 11 is 0. The largest absolute Gasteiger partial charge is 0.349 e. The Hall–Kier alpha value is -1.88. The number of rotatable bonds is 4. The summed E-state index contributed by atoms with van der Waals surface area (Å²) in [6.07, 6.45) is 4.17. The number of nitrogens with zero attached hydrogens (tertiary/aromatic N) is 1. The number of nitrogens with two attached hydrogens (primary N) is 1. The number of amides is 2.